The fourth-order valence-electron chi connectivity index (χ4n) is 6.42. The first-order valence-corrected chi connectivity index (χ1v) is 15.9. The summed E-state index contributed by atoms with van der Waals surface area (Å²) >= 11 is 0. The molecule has 1 aliphatic rings. The molecule has 40 heavy (non-hydrogen) atoms. The lowest BCUT2D eigenvalue weighted by Gasteiger charge is -2.45. The maximum atomic E-state index is 4.64. The van der Waals surface area contributed by atoms with Crippen LogP contribution in [0.25, 0.3) is 43.6 Å². The average Bonchev–Trinajstić information content (AvgIpc) is 3.01. The van der Waals surface area contributed by atoms with E-state index in [2.05, 4.69) is 143 Å². The number of fused-ring (bicyclic) bond motifs is 6. The molecule has 2 heterocycles. The quantitative estimate of drug-likeness (QED) is 0.207. The first-order chi connectivity index (χ1) is 19.6. The van der Waals surface area contributed by atoms with Crippen LogP contribution in [0.15, 0.2) is 138 Å². The predicted octanol–water partition coefficient (Wildman–Crippen LogP) is 9.87. The number of anilines is 3. The number of nitrogens with zero attached hydrogens (tertiary/aromatic N) is 3. The highest BCUT2D eigenvalue weighted by atomic mass is 32.3. The third-order valence-electron chi connectivity index (χ3n) is 8.28. The fourth-order valence-corrected chi connectivity index (χ4v) is 8.86. The Kier molecular flexibility index (Phi) is 5.04. The third kappa shape index (κ3) is 3.26. The number of benzene rings is 6. The summed E-state index contributed by atoms with van der Waals surface area (Å²) in [5, 5.41) is 5.92. The van der Waals surface area contributed by atoms with Crippen LogP contribution in [0.5, 0.6) is 0 Å². The summed E-state index contributed by atoms with van der Waals surface area (Å²) in [7, 11) is -1.15. The molecule has 8 rings (SSSR count). The maximum Gasteiger partial charge on any atom is 0.116 e. The van der Waals surface area contributed by atoms with E-state index in [1.807, 2.05) is 6.20 Å². The lowest BCUT2D eigenvalue weighted by Crippen LogP contribution is -2.20. The lowest BCUT2D eigenvalue weighted by molar-refractivity contribution is 1.15. The van der Waals surface area contributed by atoms with Crippen LogP contribution in [0.4, 0.5) is 17.1 Å². The molecule has 0 saturated carbocycles. The predicted molar refractivity (Wildman–Crippen MR) is 171 cm³/mol. The first-order valence-electron chi connectivity index (χ1n) is 13.5. The van der Waals surface area contributed by atoms with Gasteiger partial charge in [0.25, 0.3) is 0 Å². The van der Waals surface area contributed by atoms with Crippen molar-refractivity contribution < 1.29 is 0 Å². The van der Waals surface area contributed by atoms with E-state index in [1.165, 1.54) is 59.5 Å². The molecule has 0 spiro atoms. The summed E-state index contributed by atoms with van der Waals surface area (Å²) in [4.78, 5) is 14.3. The molecule has 0 bridgehead atoms. The van der Waals surface area contributed by atoms with E-state index < -0.39 is 10.0 Å². The monoisotopic (exact) mass is 533 g/mol. The molecule has 192 valence electrons. The molecule has 1 aromatic heterocycles. The van der Waals surface area contributed by atoms with Crippen LogP contribution >= 0.6 is 10.0 Å². The Morgan fingerprint density at radius 1 is 0.525 bits per heavy atom. The van der Waals surface area contributed by atoms with Crippen LogP contribution in [0.2, 0.25) is 0 Å². The van der Waals surface area contributed by atoms with E-state index in [0.717, 1.165) is 10.9 Å². The van der Waals surface area contributed by atoms with Crippen molar-refractivity contribution in [3.8, 4) is 11.1 Å². The number of hydrogen-bond acceptors (Lipinski definition) is 3. The molecule has 0 amide bonds. The molecule has 7 aromatic rings. The molecule has 4 heteroatoms. The highest BCUT2D eigenvalue weighted by Crippen LogP contribution is 2.67. The Labute approximate surface area is 235 Å². The fraction of sp³-hybridized carbons (Fsp3) is 0.0556. The van der Waals surface area contributed by atoms with Gasteiger partial charge < -0.3 is 4.90 Å². The molecular weight excluding hydrogens is 506 g/mol. The van der Waals surface area contributed by atoms with Gasteiger partial charge in [0.1, 0.15) is 6.33 Å². The van der Waals surface area contributed by atoms with Crippen molar-refractivity contribution in [2.45, 2.75) is 9.79 Å². The Morgan fingerprint density at radius 3 is 1.80 bits per heavy atom. The van der Waals surface area contributed by atoms with Gasteiger partial charge in [-0.15, -0.1) is 0 Å². The van der Waals surface area contributed by atoms with E-state index in [9.17, 15) is 0 Å². The molecule has 1 aliphatic heterocycles. The molecule has 0 atom stereocenters. The number of hydrogen-bond donors (Lipinski definition) is 0. The minimum Gasteiger partial charge on any atom is -0.308 e. The van der Waals surface area contributed by atoms with Gasteiger partial charge in [-0.25, -0.2) is 9.97 Å². The first kappa shape index (κ1) is 23.2. The summed E-state index contributed by atoms with van der Waals surface area (Å²) in [5.41, 5.74) is 7.09. The van der Waals surface area contributed by atoms with Crippen molar-refractivity contribution in [3.05, 3.63) is 128 Å². The van der Waals surface area contributed by atoms with Crippen LogP contribution in [0.3, 0.4) is 0 Å². The third-order valence-corrected chi connectivity index (χ3v) is 11.2. The van der Waals surface area contributed by atoms with Gasteiger partial charge in [-0.05, 0) is 76.2 Å². The number of rotatable bonds is 2. The van der Waals surface area contributed by atoms with Gasteiger partial charge in [-0.3, -0.25) is 0 Å². The van der Waals surface area contributed by atoms with Crippen LogP contribution in [0, 0.1) is 0 Å². The topological polar surface area (TPSA) is 29.0 Å². The van der Waals surface area contributed by atoms with E-state index in [4.69, 9.17) is 0 Å². The van der Waals surface area contributed by atoms with Gasteiger partial charge >= 0.3 is 0 Å². The summed E-state index contributed by atoms with van der Waals surface area (Å²) < 4.78 is 0. The smallest absolute Gasteiger partial charge is 0.116 e. The minimum absolute atomic E-state index is 0.959. The van der Waals surface area contributed by atoms with Crippen LogP contribution < -0.4 is 4.90 Å². The molecular formula is C36H27N3S. The summed E-state index contributed by atoms with van der Waals surface area (Å²) in [6, 6.07) is 42.1. The van der Waals surface area contributed by atoms with Crippen LogP contribution in [-0.4, -0.2) is 22.5 Å². The highest BCUT2D eigenvalue weighted by Gasteiger charge is 2.34. The summed E-state index contributed by atoms with van der Waals surface area (Å²) in [6.45, 7) is 0. The molecule has 0 aliphatic carbocycles. The normalized spacial score (nSPS) is 14.7. The van der Waals surface area contributed by atoms with Gasteiger partial charge in [0.05, 0.1) is 22.6 Å². The molecule has 0 unspecified atom stereocenters. The van der Waals surface area contributed by atoms with Crippen LogP contribution in [0.1, 0.15) is 0 Å². The van der Waals surface area contributed by atoms with Crippen molar-refractivity contribution in [3.63, 3.8) is 0 Å². The molecule has 0 N–H and O–H groups in total. The Balaban J connectivity index is 1.43. The molecule has 3 nitrogen and oxygen atoms in total. The molecule has 0 saturated heterocycles. The van der Waals surface area contributed by atoms with Crippen molar-refractivity contribution >= 4 is 59.5 Å². The zero-order chi connectivity index (χ0) is 26.8. The zero-order valence-electron chi connectivity index (χ0n) is 22.4. The Hall–Kier alpha value is -4.67. The maximum absolute atomic E-state index is 4.64. The SMILES string of the molecule is CS1(C)c2ccccc2N(c2ccc(-c3cc4ncncc4c4ccccc34)c3ccccc23)c2ccccc21. The second kappa shape index (κ2) is 8.67. The van der Waals surface area contributed by atoms with E-state index in [-0.39, 0.29) is 0 Å². The Bertz CT molecular complexity index is 2060. The van der Waals surface area contributed by atoms with Gasteiger partial charge in [-0.2, -0.15) is 10.0 Å². The average molecular weight is 534 g/mol. The zero-order valence-corrected chi connectivity index (χ0v) is 23.2. The van der Waals surface area contributed by atoms with Gasteiger partial charge in [-0.1, -0.05) is 78.9 Å². The van der Waals surface area contributed by atoms with Gasteiger partial charge in [0, 0.05) is 26.8 Å². The van der Waals surface area contributed by atoms with E-state index in [0.29, 0.717) is 0 Å². The molecule has 0 radical (unpaired) electrons. The second-order valence-electron chi connectivity index (χ2n) is 10.7. The van der Waals surface area contributed by atoms with Crippen molar-refractivity contribution in [1.82, 2.24) is 9.97 Å². The lowest BCUT2D eigenvalue weighted by atomic mass is 9.91. The highest BCUT2D eigenvalue weighted by molar-refractivity contribution is 8.33. The number of aromatic nitrogens is 2. The standard InChI is InChI=1S/C36H27N3S/c1-40(2)35-17-9-7-15-33(35)39(34-16-8-10-18-36(34)40)32-20-19-27(24-11-5-6-14-28(24)32)29-21-31-30(22-37-23-38-31)26-13-4-3-12-25(26)29/h3-23H,1-2H3. The minimum atomic E-state index is -1.15. The summed E-state index contributed by atoms with van der Waals surface area (Å²) in [6.07, 6.45) is 8.39. The molecule has 6 aromatic carbocycles. The number of para-hydroxylation sites is 2. The molecule has 0 fully saturated rings. The Morgan fingerprint density at radius 2 is 1.10 bits per heavy atom. The largest absolute Gasteiger partial charge is 0.308 e. The van der Waals surface area contributed by atoms with Gasteiger partial charge in [0.2, 0.25) is 0 Å². The van der Waals surface area contributed by atoms with E-state index >= 15 is 0 Å². The summed E-state index contributed by atoms with van der Waals surface area (Å²) in [5.74, 6) is 0. The van der Waals surface area contributed by atoms with Crippen molar-refractivity contribution in [1.29, 1.82) is 0 Å². The second-order valence-corrected chi connectivity index (χ2v) is 14.2. The van der Waals surface area contributed by atoms with Gasteiger partial charge in [0.15, 0.2) is 0 Å². The van der Waals surface area contributed by atoms with Crippen molar-refractivity contribution in [2.75, 3.05) is 17.4 Å². The van der Waals surface area contributed by atoms with Crippen molar-refractivity contribution in [2.24, 2.45) is 0 Å². The van der Waals surface area contributed by atoms with E-state index in [1.54, 1.807) is 6.33 Å². The van der Waals surface area contributed by atoms with Crippen LogP contribution in [-0.2, 0) is 0 Å².